The fraction of sp³-hybridized carbons (Fsp3) is 0.650. The van der Waals surface area contributed by atoms with Crippen molar-refractivity contribution in [2.75, 3.05) is 13.2 Å². The fourth-order valence-electron chi connectivity index (χ4n) is 4.86. The summed E-state index contributed by atoms with van der Waals surface area (Å²) in [7, 11) is 0. The molecule has 2 aliphatic rings. The molecule has 1 aliphatic heterocycles. The van der Waals surface area contributed by atoms with E-state index in [2.05, 4.69) is 25.7 Å². The van der Waals surface area contributed by atoms with Crippen LogP contribution in [0.4, 0.5) is 0 Å². The molecule has 23 heavy (non-hydrogen) atoms. The number of likely N-dealkylation sites (tertiary alicyclic amines) is 1. The van der Waals surface area contributed by atoms with Crippen molar-refractivity contribution in [3.8, 4) is 5.75 Å². The predicted octanol–water partition coefficient (Wildman–Crippen LogP) is 4.19. The Morgan fingerprint density at radius 2 is 2.09 bits per heavy atom. The fourth-order valence-corrected chi connectivity index (χ4v) is 4.86. The summed E-state index contributed by atoms with van der Waals surface area (Å²) in [5.74, 6) is 1.11. The molecule has 126 valence electrons. The molecule has 3 nitrogen and oxygen atoms in total. The van der Waals surface area contributed by atoms with Crippen molar-refractivity contribution < 1.29 is 9.53 Å². The summed E-state index contributed by atoms with van der Waals surface area (Å²) in [6.45, 7) is 10.5. The topological polar surface area (TPSA) is 29.5 Å². The van der Waals surface area contributed by atoms with Crippen LogP contribution >= 0.6 is 0 Å². The van der Waals surface area contributed by atoms with Gasteiger partial charge in [-0.25, -0.2) is 0 Å². The first-order valence-corrected chi connectivity index (χ1v) is 8.75. The Kier molecular flexibility index (Phi) is 4.16. The Labute approximate surface area is 140 Å². The van der Waals surface area contributed by atoms with Gasteiger partial charge in [-0.2, -0.15) is 0 Å². The van der Waals surface area contributed by atoms with E-state index < -0.39 is 0 Å². The minimum atomic E-state index is 0.254. The largest absolute Gasteiger partial charge is 0.493 e. The third-order valence-corrected chi connectivity index (χ3v) is 5.31. The maximum absolute atomic E-state index is 12.6. The maximum atomic E-state index is 12.6. The van der Waals surface area contributed by atoms with Crippen LogP contribution in [0.1, 0.15) is 52.0 Å². The quantitative estimate of drug-likeness (QED) is 0.834. The highest BCUT2D eigenvalue weighted by atomic mass is 16.5. The molecule has 0 N–H and O–H groups in total. The molecule has 3 rings (SSSR count). The Hall–Kier alpha value is -1.51. The van der Waals surface area contributed by atoms with Crippen molar-refractivity contribution in [3.63, 3.8) is 0 Å². The SMILES string of the molecule is Cc1cccc(OCCC(=O)N2CC3(C)CC2CC(C)(C)C3)c1. The van der Waals surface area contributed by atoms with Gasteiger partial charge in [-0.05, 0) is 54.7 Å². The molecule has 1 aromatic carbocycles. The van der Waals surface area contributed by atoms with E-state index in [4.69, 9.17) is 4.74 Å². The molecule has 1 heterocycles. The summed E-state index contributed by atoms with van der Waals surface area (Å²) >= 11 is 0. The van der Waals surface area contributed by atoms with E-state index in [1.807, 2.05) is 31.2 Å². The number of hydrogen-bond acceptors (Lipinski definition) is 2. The van der Waals surface area contributed by atoms with Gasteiger partial charge in [0.15, 0.2) is 0 Å². The second-order valence-electron chi connectivity index (χ2n) is 8.65. The van der Waals surface area contributed by atoms with Gasteiger partial charge in [0.05, 0.1) is 13.0 Å². The average molecular weight is 315 g/mol. The molecule has 1 amide bonds. The zero-order valence-electron chi connectivity index (χ0n) is 14.9. The van der Waals surface area contributed by atoms with E-state index in [1.54, 1.807) is 0 Å². The van der Waals surface area contributed by atoms with Gasteiger partial charge in [0.1, 0.15) is 5.75 Å². The molecule has 0 aromatic heterocycles. The molecule has 1 saturated heterocycles. The van der Waals surface area contributed by atoms with Crippen molar-refractivity contribution >= 4 is 5.91 Å². The highest BCUT2D eigenvalue weighted by Gasteiger charge is 2.50. The van der Waals surface area contributed by atoms with Crippen LogP contribution in [0.25, 0.3) is 0 Å². The number of carbonyl (C=O) groups excluding carboxylic acids is 1. The number of hydrogen-bond donors (Lipinski definition) is 0. The van der Waals surface area contributed by atoms with E-state index in [0.29, 0.717) is 29.9 Å². The average Bonchev–Trinajstić information content (AvgIpc) is 2.68. The zero-order valence-corrected chi connectivity index (χ0v) is 14.9. The maximum Gasteiger partial charge on any atom is 0.226 e. The standard InChI is InChI=1S/C20H29NO2/c1-15-6-5-7-17(10-15)23-9-8-18(22)21-14-20(4)12-16(21)11-19(2,3)13-20/h5-7,10,16H,8-9,11-14H2,1-4H3. The van der Waals surface area contributed by atoms with Gasteiger partial charge < -0.3 is 9.64 Å². The minimum Gasteiger partial charge on any atom is -0.493 e. The smallest absolute Gasteiger partial charge is 0.226 e. The van der Waals surface area contributed by atoms with Crippen LogP contribution in [0.3, 0.4) is 0 Å². The van der Waals surface area contributed by atoms with Gasteiger partial charge in [0.2, 0.25) is 5.91 Å². The summed E-state index contributed by atoms with van der Waals surface area (Å²) in [6.07, 6.45) is 4.00. The van der Waals surface area contributed by atoms with Gasteiger partial charge in [0.25, 0.3) is 0 Å². The van der Waals surface area contributed by atoms with Crippen molar-refractivity contribution in [1.29, 1.82) is 0 Å². The number of fused-ring (bicyclic) bond motifs is 2. The van der Waals surface area contributed by atoms with Crippen LogP contribution in [-0.4, -0.2) is 30.0 Å². The van der Waals surface area contributed by atoms with E-state index in [0.717, 1.165) is 18.7 Å². The highest BCUT2D eigenvalue weighted by Crippen LogP contribution is 2.52. The lowest BCUT2D eigenvalue weighted by Crippen LogP contribution is -2.38. The number of aryl methyl sites for hydroxylation is 1. The Balaban J connectivity index is 1.55. The normalized spacial score (nSPS) is 28.7. The van der Waals surface area contributed by atoms with Gasteiger partial charge in [-0.1, -0.05) is 32.9 Å². The van der Waals surface area contributed by atoms with Gasteiger partial charge in [-0.3, -0.25) is 4.79 Å². The van der Waals surface area contributed by atoms with Gasteiger partial charge in [0, 0.05) is 12.6 Å². The molecular weight excluding hydrogens is 286 g/mol. The first kappa shape index (κ1) is 16.4. The van der Waals surface area contributed by atoms with E-state index in [-0.39, 0.29) is 5.91 Å². The molecule has 3 heteroatoms. The Bertz CT molecular complexity index is 595. The number of nitrogens with zero attached hydrogens (tertiary/aromatic N) is 1. The van der Waals surface area contributed by atoms with Crippen molar-refractivity contribution in [2.45, 2.75) is 59.4 Å². The number of amides is 1. The number of benzene rings is 1. The van der Waals surface area contributed by atoms with Gasteiger partial charge in [-0.15, -0.1) is 0 Å². The molecule has 2 fully saturated rings. The molecule has 0 radical (unpaired) electrons. The van der Waals surface area contributed by atoms with Crippen LogP contribution in [0.2, 0.25) is 0 Å². The van der Waals surface area contributed by atoms with E-state index >= 15 is 0 Å². The van der Waals surface area contributed by atoms with Crippen molar-refractivity contribution in [1.82, 2.24) is 4.90 Å². The molecular formula is C20H29NO2. The molecule has 0 spiro atoms. The monoisotopic (exact) mass is 315 g/mol. The van der Waals surface area contributed by atoms with Crippen LogP contribution in [-0.2, 0) is 4.79 Å². The Morgan fingerprint density at radius 1 is 1.30 bits per heavy atom. The zero-order chi connectivity index (χ0) is 16.7. The second-order valence-corrected chi connectivity index (χ2v) is 8.65. The summed E-state index contributed by atoms with van der Waals surface area (Å²) in [5.41, 5.74) is 1.84. The lowest BCUT2D eigenvalue weighted by molar-refractivity contribution is -0.132. The third-order valence-electron chi connectivity index (χ3n) is 5.31. The second kappa shape index (κ2) is 5.85. The third kappa shape index (κ3) is 3.70. The number of ether oxygens (including phenoxy) is 1. The van der Waals surface area contributed by atoms with Gasteiger partial charge >= 0.3 is 0 Å². The number of rotatable bonds is 4. The first-order valence-electron chi connectivity index (χ1n) is 8.75. The minimum absolute atomic E-state index is 0.254. The summed E-state index contributed by atoms with van der Waals surface area (Å²) in [5, 5.41) is 0. The van der Waals surface area contributed by atoms with Crippen molar-refractivity contribution in [3.05, 3.63) is 29.8 Å². The predicted molar refractivity (Wildman–Crippen MR) is 92.5 cm³/mol. The molecule has 2 bridgehead atoms. The summed E-state index contributed by atoms with van der Waals surface area (Å²) in [6, 6.07) is 8.42. The van der Waals surface area contributed by atoms with E-state index in [1.165, 1.54) is 18.4 Å². The molecule has 2 atom stereocenters. The summed E-state index contributed by atoms with van der Waals surface area (Å²) in [4.78, 5) is 14.8. The number of carbonyl (C=O) groups is 1. The van der Waals surface area contributed by atoms with Crippen LogP contribution in [0, 0.1) is 17.8 Å². The van der Waals surface area contributed by atoms with E-state index in [9.17, 15) is 4.79 Å². The molecule has 1 saturated carbocycles. The first-order chi connectivity index (χ1) is 10.8. The molecule has 2 unspecified atom stereocenters. The van der Waals surface area contributed by atoms with Crippen LogP contribution in [0.5, 0.6) is 5.75 Å². The van der Waals surface area contributed by atoms with Crippen LogP contribution in [0.15, 0.2) is 24.3 Å². The van der Waals surface area contributed by atoms with Crippen LogP contribution < -0.4 is 4.74 Å². The summed E-state index contributed by atoms with van der Waals surface area (Å²) < 4.78 is 5.75. The Morgan fingerprint density at radius 3 is 2.83 bits per heavy atom. The van der Waals surface area contributed by atoms with Crippen molar-refractivity contribution in [2.24, 2.45) is 10.8 Å². The highest BCUT2D eigenvalue weighted by molar-refractivity contribution is 5.77. The molecule has 1 aliphatic carbocycles. The lowest BCUT2D eigenvalue weighted by Gasteiger charge is -2.39. The molecule has 1 aromatic rings. The lowest BCUT2D eigenvalue weighted by atomic mass is 9.65.